The topological polar surface area (TPSA) is 77.8 Å². The van der Waals surface area contributed by atoms with Crippen molar-refractivity contribution in [2.45, 2.75) is 4.90 Å². The maximum atomic E-state index is 12.5. The highest BCUT2D eigenvalue weighted by Gasteiger charge is 2.23. The Hall–Kier alpha value is -2.35. The molecule has 8 heteroatoms. The fourth-order valence-electron chi connectivity index (χ4n) is 2.35. The predicted octanol–water partition coefficient (Wildman–Crippen LogP) is 3.61. The Bertz CT molecular complexity index is 958. The van der Waals surface area contributed by atoms with E-state index in [9.17, 15) is 9.35 Å². The van der Waals surface area contributed by atoms with Gasteiger partial charge in [-0.15, -0.1) is 0 Å². The monoisotopic (exact) mass is 392 g/mol. The Morgan fingerprint density at radius 3 is 2.69 bits per heavy atom. The van der Waals surface area contributed by atoms with Crippen LogP contribution in [0.25, 0.3) is 11.0 Å². The summed E-state index contributed by atoms with van der Waals surface area (Å²) in [5.74, 6) is -0.0277. The quantitative estimate of drug-likeness (QED) is 0.671. The van der Waals surface area contributed by atoms with Crippen LogP contribution in [-0.4, -0.2) is 31.7 Å². The van der Waals surface area contributed by atoms with E-state index in [4.69, 9.17) is 20.8 Å². The van der Waals surface area contributed by atoms with Gasteiger partial charge in [0.15, 0.2) is 5.76 Å². The second-order valence-electron chi connectivity index (χ2n) is 5.72. The van der Waals surface area contributed by atoms with Gasteiger partial charge < -0.3 is 18.6 Å². The van der Waals surface area contributed by atoms with Crippen molar-refractivity contribution in [2.24, 2.45) is 0 Å². The number of halogens is 1. The summed E-state index contributed by atoms with van der Waals surface area (Å²) in [5.41, 5.74) is 1.53. The second-order valence-corrected chi connectivity index (χ2v) is 7.31. The molecular formula is C18H17ClN2O4S. The summed E-state index contributed by atoms with van der Waals surface area (Å²) in [6.45, 7) is 0. The zero-order chi connectivity index (χ0) is 18.8. The van der Waals surface area contributed by atoms with Gasteiger partial charge >= 0.3 is 5.91 Å². The van der Waals surface area contributed by atoms with Crippen LogP contribution in [0.2, 0.25) is 5.02 Å². The van der Waals surface area contributed by atoms with E-state index in [1.165, 1.54) is 13.2 Å². The maximum absolute atomic E-state index is 12.5. The Kier molecular flexibility index (Phi) is 5.31. The van der Waals surface area contributed by atoms with Gasteiger partial charge in [0.1, 0.15) is 22.7 Å². The predicted molar refractivity (Wildman–Crippen MR) is 102 cm³/mol. The van der Waals surface area contributed by atoms with E-state index in [2.05, 4.69) is 4.72 Å². The Labute approximate surface area is 159 Å². The van der Waals surface area contributed by atoms with Crippen molar-refractivity contribution in [2.75, 3.05) is 26.1 Å². The van der Waals surface area contributed by atoms with Crippen LogP contribution < -0.4 is 14.4 Å². The van der Waals surface area contributed by atoms with Gasteiger partial charge in [-0.05, 0) is 30.3 Å². The first kappa shape index (κ1) is 18.4. The molecular weight excluding hydrogens is 376 g/mol. The highest BCUT2D eigenvalue weighted by Crippen LogP contribution is 2.27. The van der Waals surface area contributed by atoms with Crippen molar-refractivity contribution >= 4 is 45.5 Å². The van der Waals surface area contributed by atoms with Crippen LogP contribution in [0.1, 0.15) is 10.6 Å². The molecule has 0 aliphatic carbocycles. The number of rotatable bonds is 5. The summed E-state index contributed by atoms with van der Waals surface area (Å²) >= 11 is 4.21. The fraction of sp³-hybridized carbons (Fsp3) is 0.167. The summed E-state index contributed by atoms with van der Waals surface area (Å²) in [7, 11) is 5.32. The minimum Gasteiger partial charge on any atom is -0.588 e. The minimum absolute atomic E-state index is 0.0725. The molecule has 3 aromatic rings. The SMILES string of the molecule is COc1ccc(Cl)c([S+]([O-])NC(=O)c2cc3ccc(N(C)C)cc3o2)c1. The number of benzene rings is 2. The van der Waals surface area contributed by atoms with Crippen LogP contribution in [0.5, 0.6) is 5.75 Å². The zero-order valence-electron chi connectivity index (χ0n) is 14.4. The fourth-order valence-corrected chi connectivity index (χ4v) is 3.53. The van der Waals surface area contributed by atoms with Gasteiger partial charge in [0, 0.05) is 37.3 Å². The van der Waals surface area contributed by atoms with Crippen LogP contribution in [0.3, 0.4) is 0 Å². The molecule has 6 nitrogen and oxygen atoms in total. The molecule has 136 valence electrons. The normalized spacial score (nSPS) is 12.0. The third kappa shape index (κ3) is 3.75. The lowest BCUT2D eigenvalue weighted by atomic mass is 10.2. The van der Waals surface area contributed by atoms with Crippen molar-refractivity contribution in [1.82, 2.24) is 4.72 Å². The molecule has 0 aliphatic heterocycles. The lowest BCUT2D eigenvalue weighted by Crippen LogP contribution is -2.30. The van der Waals surface area contributed by atoms with E-state index in [1.807, 2.05) is 37.2 Å². The number of nitrogens with zero attached hydrogens (tertiary/aromatic N) is 1. The second kappa shape index (κ2) is 7.49. The van der Waals surface area contributed by atoms with Crippen LogP contribution in [0, 0.1) is 0 Å². The van der Waals surface area contributed by atoms with Crippen molar-refractivity contribution in [3.8, 4) is 5.75 Å². The van der Waals surface area contributed by atoms with E-state index in [1.54, 1.807) is 18.2 Å². The number of anilines is 1. The molecule has 0 saturated heterocycles. The summed E-state index contributed by atoms with van der Waals surface area (Å²) in [6.07, 6.45) is 0. The Balaban J connectivity index is 1.82. The van der Waals surface area contributed by atoms with Gasteiger partial charge in [0.25, 0.3) is 0 Å². The van der Waals surface area contributed by atoms with E-state index in [-0.39, 0.29) is 15.7 Å². The zero-order valence-corrected chi connectivity index (χ0v) is 16.0. The van der Waals surface area contributed by atoms with E-state index < -0.39 is 17.3 Å². The number of hydrogen-bond acceptors (Lipinski definition) is 5. The minimum atomic E-state index is -1.85. The molecule has 1 heterocycles. The number of amides is 1. The lowest BCUT2D eigenvalue weighted by molar-refractivity contribution is 0.0956. The summed E-state index contributed by atoms with van der Waals surface area (Å²) in [4.78, 5) is 14.6. The number of furan rings is 1. The van der Waals surface area contributed by atoms with Crippen LogP contribution in [0.4, 0.5) is 5.69 Å². The van der Waals surface area contributed by atoms with Crippen LogP contribution >= 0.6 is 11.6 Å². The van der Waals surface area contributed by atoms with Gasteiger partial charge in [-0.2, -0.15) is 4.72 Å². The third-order valence-electron chi connectivity index (χ3n) is 3.77. The highest BCUT2D eigenvalue weighted by molar-refractivity contribution is 7.90. The molecule has 1 unspecified atom stereocenters. The molecule has 0 radical (unpaired) electrons. The number of fused-ring (bicyclic) bond motifs is 1. The summed E-state index contributed by atoms with van der Waals surface area (Å²) in [6, 6.07) is 11.9. The molecule has 2 aromatic carbocycles. The number of hydrogen-bond donors (Lipinski definition) is 1. The first-order valence-corrected chi connectivity index (χ1v) is 9.19. The van der Waals surface area contributed by atoms with Gasteiger partial charge in [-0.3, -0.25) is 4.79 Å². The maximum Gasteiger partial charge on any atom is 0.328 e. The number of ether oxygens (including phenoxy) is 1. The van der Waals surface area contributed by atoms with Crippen molar-refractivity contribution < 1.29 is 18.5 Å². The third-order valence-corrected chi connectivity index (χ3v) is 5.32. The summed E-state index contributed by atoms with van der Waals surface area (Å²) in [5, 5.41) is 1.05. The standard InChI is InChI=1S/C18H17ClN2O4S/c1-21(2)12-5-4-11-8-16(25-15(11)9-12)18(22)20-26(23)17-10-13(24-3)6-7-14(17)19/h4-10H,1-3H3,(H,20,22). The van der Waals surface area contributed by atoms with Gasteiger partial charge in [0.2, 0.25) is 4.90 Å². The number of carbonyl (C=O) groups excluding carboxylic acids is 1. The molecule has 3 rings (SSSR count). The van der Waals surface area contributed by atoms with E-state index in [0.717, 1.165) is 11.1 Å². The van der Waals surface area contributed by atoms with Gasteiger partial charge in [-0.25, -0.2) is 0 Å². The van der Waals surface area contributed by atoms with Crippen molar-refractivity contribution in [3.05, 3.63) is 53.2 Å². The highest BCUT2D eigenvalue weighted by atomic mass is 35.5. The average Bonchev–Trinajstić information content (AvgIpc) is 3.05. The largest absolute Gasteiger partial charge is 0.588 e. The molecule has 1 N–H and O–H groups in total. The molecule has 0 fully saturated rings. The lowest BCUT2D eigenvalue weighted by Gasteiger charge is -2.11. The molecule has 0 bridgehead atoms. The molecule has 0 spiro atoms. The van der Waals surface area contributed by atoms with Gasteiger partial charge in [0.05, 0.1) is 12.1 Å². The first-order chi connectivity index (χ1) is 12.4. The Morgan fingerprint density at radius 2 is 2.00 bits per heavy atom. The van der Waals surface area contributed by atoms with E-state index >= 15 is 0 Å². The molecule has 1 atom stereocenters. The van der Waals surface area contributed by atoms with Gasteiger partial charge in [-0.1, -0.05) is 11.6 Å². The number of nitrogens with one attached hydrogen (secondary N) is 1. The van der Waals surface area contributed by atoms with Crippen LogP contribution in [-0.2, 0) is 11.4 Å². The first-order valence-electron chi connectivity index (χ1n) is 7.66. The molecule has 1 aromatic heterocycles. The number of carbonyl (C=O) groups is 1. The molecule has 26 heavy (non-hydrogen) atoms. The summed E-state index contributed by atoms with van der Waals surface area (Å²) < 4.78 is 25.6. The van der Waals surface area contributed by atoms with Crippen molar-refractivity contribution in [1.29, 1.82) is 0 Å². The molecule has 0 saturated carbocycles. The van der Waals surface area contributed by atoms with Crippen LogP contribution in [0.15, 0.2) is 51.8 Å². The molecule has 0 aliphatic rings. The smallest absolute Gasteiger partial charge is 0.328 e. The average molecular weight is 393 g/mol. The Morgan fingerprint density at radius 1 is 1.23 bits per heavy atom. The molecule has 1 amide bonds. The van der Waals surface area contributed by atoms with E-state index in [0.29, 0.717) is 11.3 Å². The number of methoxy groups -OCH3 is 1. The van der Waals surface area contributed by atoms with Crippen molar-refractivity contribution in [3.63, 3.8) is 0 Å².